The Balaban J connectivity index is 1.54. The van der Waals surface area contributed by atoms with Crippen molar-refractivity contribution in [2.45, 2.75) is 25.1 Å². The van der Waals surface area contributed by atoms with E-state index >= 15 is 0 Å². The van der Waals surface area contributed by atoms with Crippen LogP contribution in [0.15, 0.2) is 48.5 Å². The number of aromatic hydroxyl groups is 1. The number of benzene rings is 2. The number of hydrogen-bond acceptors (Lipinski definition) is 3. The van der Waals surface area contributed by atoms with Crippen molar-refractivity contribution in [1.82, 2.24) is 0 Å². The van der Waals surface area contributed by atoms with Gasteiger partial charge >= 0.3 is 6.18 Å². The summed E-state index contributed by atoms with van der Waals surface area (Å²) in [5, 5.41) is 9.32. The molecule has 3 nitrogen and oxygen atoms in total. The van der Waals surface area contributed by atoms with Gasteiger partial charge in [-0.15, -0.1) is 0 Å². The minimum absolute atomic E-state index is 0.00454. The number of alkyl halides is 3. The van der Waals surface area contributed by atoms with Crippen LogP contribution in [0.1, 0.15) is 18.4 Å². The fraction of sp³-hybridized carbons (Fsp3) is 0.333. The first-order chi connectivity index (χ1) is 11.4. The van der Waals surface area contributed by atoms with Gasteiger partial charge in [0.05, 0.1) is 5.56 Å². The lowest BCUT2D eigenvalue weighted by Gasteiger charge is -2.33. The van der Waals surface area contributed by atoms with E-state index in [1.165, 1.54) is 12.1 Å². The summed E-state index contributed by atoms with van der Waals surface area (Å²) in [6.45, 7) is 1.60. The van der Waals surface area contributed by atoms with E-state index in [4.69, 9.17) is 4.74 Å². The minimum Gasteiger partial charge on any atom is -0.508 e. The van der Waals surface area contributed by atoms with Crippen LogP contribution in [0.2, 0.25) is 0 Å². The molecule has 0 radical (unpaired) electrons. The van der Waals surface area contributed by atoms with Gasteiger partial charge in [-0.3, -0.25) is 0 Å². The van der Waals surface area contributed by atoms with E-state index in [9.17, 15) is 18.3 Å². The molecule has 1 aliphatic heterocycles. The van der Waals surface area contributed by atoms with Crippen LogP contribution in [0.4, 0.5) is 18.9 Å². The first-order valence-corrected chi connectivity index (χ1v) is 7.80. The molecule has 0 atom stereocenters. The summed E-state index contributed by atoms with van der Waals surface area (Å²) in [5.41, 5.74) is 0.373. The number of ether oxygens (including phenoxy) is 1. The van der Waals surface area contributed by atoms with Gasteiger partial charge in [0.1, 0.15) is 17.6 Å². The highest BCUT2D eigenvalue weighted by atomic mass is 19.4. The van der Waals surface area contributed by atoms with Crippen molar-refractivity contribution < 1.29 is 23.0 Å². The van der Waals surface area contributed by atoms with Crippen molar-refractivity contribution in [2.24, 2.45) is 0 Å². The average molecular weight is 337 g/mol. The van der Waals surface area contributed by atoms with Crippen molar-refractivity contribution in [3.05, 3.63) is 54.1 Å². The minimum atomic E-state index is -4.33. The number of rotatable bonds is 3. The summed E-state index contributed by atoms with van der Waals surface area (Å²) in [6, 6.07) is 11.9. The quantitative estimate of drug-likeness (QED) is 0.898. The molecule has 128 valence electrons. The van der Waals surface area contributed by atoms with E-state index in [2.05, 4.69) is 4.90 Å². The lowest BCUT2D eigenvalue weighted by atomic mass is 10.1. The van der Waals surface area contributed by atoms with E-state index < -0.39 is 11.7 Å². The zero-order chi connectivity index (χ0) is 17.2. The van der Waals surface area contributed by atoms with E-state index in [1.807, 2.05) is 12.1 Å². The lowest BCUT2D eigenvalue weighted by molar-refractivity contribution is -0.137. The predicted molar refractivity (Wildman–Crippen MR) is 85.4 cm³/mol. The average Bonchev–Trinajstić information content (AvgIpc) is 2.56. The van der Waals surface area contributed by atoms with E-state index in [-0.39, 0.29) is 11.9 Å². The number of halogens is 3. The lowest BCUT2D eigenvalue weighted by Crippen LogP contribution is -2.38. The van der Waals surface area contributed by atoms with E-state index in [0.29, 0.717) is 5.75 Å². The largest absolute Gasteiger partial charge is 0.508 e. The Morgan fingerprint density at radius 1 is 0.917 bits per heavy atom. The Morgan fingerprint density at radius 2 is 1.50 bits per heavy atom. The zero-order valence-electron chi connectivity index (χ0n) is 13.0. The number of nitrogens with zero attached hydrogens (tertiary/aromatic N) is 1. The molecule has 1 heterocycles. The second-order valence-electron chi connectivity index (χ2n) is 5.84. The van der Waals surface area contributed by atoms with Crippen molar-refractivity contribution in [1.29, 1.82) is 0 Å². The first kappa shape index (κ1) is 16.5. The maximum Gasteiger partial charge on any atom is 0.416 e. The third-order valence-corrected chi connectivity index (χ3v) is 4.14. The van der Waals surface area contributed by atoms with Crippen LogP contribution in [0.25, 0.3) is 0 Å². The van der Waals surface area contributed by atoms with Gasteiger partial charge in [-0.05, 0) is 48.5 Å². The summed E-state index contributed by atoms with van der Waals surface area (Å²) in [5.74, 6) is 0.699. The molecule has 0 unspecified atom stereocenters. The SMILES string of the molecule is Oc1ccc(N2CCC(Oc3ccc(C(F)(F)F)cc3)CC2)cc1. The van der Waals surface area contributed by atoms with Gasteiger partial charge in [-0.25, -0.2) is 0 Å². The second kappa shape index (κ2) is 6.63. The third-order valence-electron chi connectivity index (χ3n) is 4.14. The van der Waals surface area contributed by atoms with Crippen LogP contribution < -0.4 is 9.64 Å². The third kappa shape index (κ3) is 3.93. The molecular weight excluding hydrogens is 319 g/mol. The highest BCUT2D eigenvalue weighted by molar-refractivity contribution is 5.49. The normalized spacial score (nSPS) is 16.2. The molecular formula is C18H18F3NO2. The maximum absolute atomic E-state index is 12.5. The Hall–Kier alpha value is -2.37. The smallest absolute Gasteiger partial charge is 0.416 e. The number of phenolic OH excluding ortho intramolecular Hbond substituents is 1. The molecule has 2 aromatic carbocycles. The van der Waals surface area contributed by atoms with E-state index in [0.717, 1.165) is 43.8 Å². The van der Waals surface area contributed by atoms with Gasteiger partial charge in [0.25, 0.3) is 0 Å². The molecule has 2 aromatic rings. The standard InChI is InChI=1S/C18H18F3NO2/c19-18(20,21)13-1-7-16(8-2-13)24-17-9-11-22(12-10-17)14-3-5-15(23)6-4-14/h1-8,17,23H,9-12H2. The molecule has 0 aromatic heterocycles. The highest BCUT2D eigenvalue weighted by Gasteiger charge is 2.30. The molecule has 1 fully saturated rings. The molecule has 1 N–H and O–H groups in total. The van der Waals surface area contributed by atoms with Crippen molar-refractivity contribution in [3.8, 4) is 11.5 Å². The second-order valence-corrected chi connectivity index (χ2v) is 5.84. The molecule has 0 saturated carbocycles. The summed E-state index contributed by atoms with van der Waals surface area (Å²) in [7, 11) is 0. The van der Waals surface area contributed by atoms with Crippen LogP contribution >= 0.6 is 0 Å². The molecule has 1 saturated heterocycles. The topological polar surface area (TPSA) is 32.7 Å². The predicted octanol–water partition coefficient (Wildman–Crippen LogP) is 4.46. The highest BCUT2D eigenvalue weighted by Crippen LogP contribution is 2.31. The fourth-order valence-corrected chi connectivity index (χ4v) is 2.81. The van der Waals surface area contributed by atoms with Gasteiger partial charge in [-0.1, -0.05) is 0 Å². The summed E-state index contributed by atoms with van der Waals surface area (Å²) in [6.07, 6.45) is -2.74. The summed E-state index contributed by atoms with van der Waals surface area (Å²) >= 11 is 0. The van der Waals surface area contributed by atoms with Crippen LogP contribution in [-0.2, 0) is 6.18 Å². The summed E-state index contributed by atoms with van der Waals surface area (Å²) < 4.78 is 43.4. The van der Waals surface area contributed by atoms with E-state index in [1.54, 1.807) is 12.1 Å². The number of anilines is 1. The Morgan fingerprint density at radius 3 is 2.04 bits per heavy atom. The number of hydrogen-bond donors (Lipinski definition) is 1. The number of piperidine rings is 1. The van der Waals surface area contributed by atoms with Crippen LogP contribution in [0, 0.1) is 0 Å². The maximum atomic E-state index is 12.5. The zero-order valence-corrected chi connectivity index (χ0v) is 13.0. The Labute approximate surface area is 138 Å². The molecule has 3 rings (SSSR count). The molecule has 0 amide bonds. The van der Waals surface area contributed by atoms with Gasteiger partial charge in [-0.2, -0.15) is 13.2 Å². The Kier molecular flexibility index (Phi) is 4.55. The Bertz CT molecular complexity index is 660. The molecule has 6 heteroatoms. The van der Waals surface area contributed by atoms with Crippen molar-refractivity contribution in [3.63, 3.8) is 0 Å². The first-order valence-electron chi connectivity index (χ1n) is 7.80. The fourth-order valence-electron chi connectivity index (χ4n) is 2.81. The van der Waals surface area contributed by atoms with Gasteiger partial charge in [0.15, 0.2) is 0 Å². The molecule has 0 aliphatic carbocycles. The van der Waals surface area contributed by atoms with Gasteiger partial charge in [0, 0.05) is 31.6 Å². The van der Waals surface area contributed by atoms with Crippen LogP contribution in [0.3, 0.4) is 0 Å². The summed E-state index contributed by atoms with van der Waals surface area (Å²) in [4.78, 5) is 2.20. The molecule has 0 spiro atoms. The van der Waals surface area contributed by atoms with Gasteiger partial charge in [0.2, 0.25) is 0 Å². The van der Waals surface area contributed by atoms with Crippen LogP contribution in [0.5, 0.6) is 11.5 Å². The van der Waals surface area contributed by atoms with Crippen molar-refractivity contribution in [2.75, 3.05) is 18.0 Å². The number of phenols is 1. The molecule has 1 aliphatic rings. The van der Waals surface area contributed by atoms with Crippen molar-refractivity contribution >= 4 is 5.69 Å². The van der Waals surface area contributed by atoms with Gasteiger partial charge < -0.3 is 14.7 Å². The molecule has 24 heavy (non-hydrogen) atoms. The molecule has 0 bridgehead atoms. The monoisotopic (exact) mass is 337 g/mol. The van der Waals surface area contributed by atoms with Crippen LogP contribution in [-0.4, -0.2) is 24.3 Å².